The van der Waals surface area contributed by atoms with Gasteiger partial charge in [-0.25, -0.2) is 0 Å². The molecular formula is C16H15BrO. The maximum Gasteiger partial charge on any atom is 0.164 e. The number of benzene rings is 2. The highest BCUT2D eigenvalue weighted by molar-refractivity contribution is 9.10. The number of Topliss-reactive ketones (excluding diaryl/α,β-unsaturated/α-hetero) is 1. The summed E-state index contributed by atoms with van der Waals surface area (Å²) in [5.74, 6) is 0.196. The maximum atomic E-state index is 12.0. The molecule has 0 saturated heterocycles. The van der Waals surface area contributed by atoms with Gasteiger partial charge in [-0.3, -0.25) is 4.79 Å². The highest BCUT2D eigenvalue weighted by Crippen LogP contribution is 2.26. The Morgan fingerprint density at radius 2 is 1.78 bits per heavy atom. The number of ketones is 1. The molecule has 0 bridgehead atoms. The van der Waals surface area contributed by atoms with E-state index in [0.29, 0.717) is 6.42 Å². The SMILES string of the molecule is CCCC(=O)c1cc(-c2ccccc2)ccc1Br. The molecule has 0 aliphatic rings. The van der Waals surface area contributed by atoms with Crippen LogP contribution in [0.4, 0.5) is 0 Å². The standard InChI is InChI=1S/C16H15BrO/c1-2-6-16(18)14-11-13(9-10-15(14)17)12-7-4-3-5-8-12/h3-5,7-11H,2,6H2,1H3. The molecule has 0 atom stereocenters. The van der Waals surface area contributed by atoms with Crippen LogP contribution in [0.1, 0.15) is 30.1 Å². The lowest BCUT2D eigenvalue weighted by atomic mass is 10.00. The van der Waals surface area contributed by atoms with E-state index < -0.39 is 0 Å². The van der Waals surface area contributed by atoms with E-state index in [-0.39, 0.29) is 5.78 Å². The lowest BCUT2D eigenvalue weighted by Crippen LogP contribution is -1.99. The van der Waals surface area contributed by atoms with Crippen molar-refractivity contribution >= 4 is 21.7 Å². The van der Waals surface area contributed by atoms with Gasteiger partial charge < -0.3 is 0 Å². The first-order valence-corrected chi connectivity index (χ1v) is 6.90. The van der Waals surface area contributed by atoms with E-state index in [1.807, 2.05) is 43.3 Å². The first-order valence-electron chi connectivity index (χ1n) is 6.10. The molecule has 0 aliphatic heterocycles. The van der Waals surface area contributed by atoms with Crippen LogP contribution in [0.5, 0.6) is 0 Å². The molecule has 2 aromatic carbocycles. The van der Waals surface area contributed by atoms with Crippen LogP contribution in [0.25, 0.3) is 11.1 Å². The summed E-state index contributed by atoms with van der Waals surface area (Å²) < 4.78 is 0.876. The molecule has 0 N–H and O–H groups in total. The van der Waals surface area contributed by atoms with Crippen LogP contribution in [0, 0.1) is 0 Å². The van der Waals surface area contributed by atoms with Crippen molar-refractivity contribution in [3.63, 3.8) is 0 Å². The van der Waals surface area contributed by atoms with Crippen molar-refractivity contribution < 1.29 is 4.79 Å². The highest BCUT2D eigenvalue weighted by Gasteiger charge is 2.10. The molecular weight excluding hydrogens is 288 g/mol. The van der Waals surface area contributed by atoms with Gasteiger partial charge in [0.2, 0.25) is 0 Å². The van der Waals surface area contributed by atoms with Crippen molar-refractivity contribution in [2.45, 2.75) is 19.8 Å². The minimum absolute atomic E-state index is 0.196. The van der Waals surface area contributed by atoms with E-state index in [9.17, 15) is 4.79 Å². The van der Waals surface area contributed by atoms with Gasteiger partial charge in [0, 0.05) is 16.5 Å². The summed E-state index contributed by atoms with van der Waals surface area (Å²) in [7, 11) is 0. The van der Waals surface area contributed by atoms with Crippen LogP contribution in [0.3, 0.4) is 0 Å². The van der Waals surface area contributed by atoms with Crippen LogP contribution < -0.4 is 0 Å². The molecule has 1 nitrogen and oxygen atoms in total. The van der Waals surface area contributed by atoms with Gasteiger partial charge in [-0.2, -0.15) is 0 Å². The first-order chi connectivity index (χ1) is 8.72. The summed E-state index contributed by atoms with van der Waals surface area (Å²) in [5, 5.41) is 0. The molecule has 0 aromatic heterocycles. The molecule has 2 heteroatoms. The van der Waals surface area contributed by atoms with E-state index in [1.54, 1.807) is 0 Å². The smallest absolute Gasteiger partial charge is 0.164 e. The van der Waals surface area contributed by atoms with Crippen LogP contribution in [-0.2, 0) is 0 Å². The quantitative estimate of drug-likeness (QED) is 0.718. The minimum atomic E-state index is 0.196. The zero-order valence-corrected chi connectivity index (χ0v) is 11.9. The summed E-state index contributed by atoms with van der Waals surface area (Å²) in [6.07, 6.45) is 1.47. The largest absolute Gasteiger partial charge is 0.294 e. The average molecular weight is 303 g/mol. The predicted octanol–water partition coefficient (Wildman–Crippen LogP) is 5.10. The Morgan fingerprint density at radius 3 is 2.44 bits per heavy atom. The fraction of sp³-hybridized carbons (Fsp3) is 0.188. The number of halogens is 1. The lowest BCUT2D eigenvalue weighted by molar-refractivity contribution is 0.0981. The molecule has 0 spiro atoms. The Bertz CT molecular complexity index is 546. The molecule has 0 unspecified atom stereocenters. The Labute approximate surface area is 116 Å². The van der Waals surface area contributed by atoms with Crippen molar-refractivity contribution in [2.75, 3.05) is 0 Å². The van der Waals surface area contributed by atoms with Gasteiger partial charge in [-0.1, -0.05) is 59.3 Å². The van der Waals surface area contributed by atoms with E-state index in [2.05, 4.69) is 28.1 Å². The molecule has 92 valence electrons. The fourth-order valence-corrected chi connectivity index (χ4v) is 2.38. The molecule has 2 rings (SSSR count). The van der Waals surface area contributed by atoms with Gasteiger partial charge in [0.05, 0.1) is 0 Å². The molecule has 0 amide bonds. The maximum absolute atomic E-state index is 12.0. The second-order valence-corrected chi connectivity index (χ2v) is 5.09. The highest BCUT2D eigenvalue weighted by atomic mass is 79.9. The summed E-state index contributed by atoms with van der Waals surface area (Å²) in [4.78, 5) is 12.0. The van der Waals surface area contributed by atoms with E-state index >= 15 is 0 Å². The Balaban J connectivity index is 2.41. The number of hydrogen-bond acceptors (Lipinski definition) is 1. The molecule has 0 fully saturated rings. The summed E-state index contributed by atoms with van der Waals surface area (Å²) in [6.45, 7) is 2.02. The normalized spacial score (nSPS) is 10.3. The Kier molecular flexibility index (Phi) is 4.32. The van der Waals surface area contributed by atoms with Crippen LogP contribution in [0.2, 0.25) is 0 Å². The van der Waals surface area contributed by atoms with E-state index in [1.165, 1.54) is 0 Å². The van der Waals surface area contributed by atoms with Crippen molar-refractivity contribution in [3.8, 4) is 11.1 Å². The Hall–Kier alpha value is -1.41. The van der Waals surface area contributed by atoms with Crippen LogP contribution in [-0.4, -0.2) is 5.78 Å². The van der Waals surface area contributed by atoms with E-state index in [4.69, 9.17) is 0 Å². The second kappa shape index (κ2) is 5.96. The average Bonchev–Trinajstić information content (AvgIpc) is 2.40. The molecule has 0 radical (unpaired) electrons. The summed E-state index contributed by atoms with van der Waals surface area (Å²) in [6, 6.07) is 16.1. The summed E-state index contributed by atoms with van der Waals surface area (Å²) in [5.41, 5.74) is 2.99. The number of carbonyl (C=O) groups excluding carboxylic acids is 1. The van der Waals surface area contributed by atoms with Gasteiger partial charge in [0.15, 0.2) is 5.78 Å². The van der Waals surface area contributed by atoms with Gasteiger partial charge in [0.1, 0.15) is 0 Å². The van der Waals surface area contributed by atoms with Crippen molar-refractivity contribution in [2.24, 2.45) is 0 Å². The van der Waals surface area contributed by atoms with Crippen molar-refractivity contribution in [1.82, 2.24) is 0 Å². The molecule has 2 aromatic rings. The number of carbonyl (C=O) groups is 1. The molecule has 0 heterocycles. The molecule has 0 saturated carbocycles. The minimum Gasteiger partial charge on any atom is -0.294 e. The third-order valence-corrected chi connectivity index (χ3v) is 3.54. The third-order valence-electron chi connectivity index (χ3n) is 2.85. The van der Waals surface area contributed by atoms with Crippen LogP contribution in [0.15, 0.2) is 53.0 Å². The lowest BCUT2D eigenvalue weighted by Gasteiger charge is -2.07. The topological polar surface area (TPSA) is 17.1 Å². The first kappa shape index (κ1) is 13.0. The molecule has 18 heavy (non-hydrogen) atoms. The van der Waals surface area contributed by atoms with Gasteiger partial charge >= 0.3 is 0 Å². The fourth-order valence-electron chi connectivity index (χ4n) is 1.91. The van der Waals surface area contributed by atoms with Crippen LogP contribution >= 0.6 is 15.9 Å². The monoisotopic (exact) mass is 302 g/mol. The molecule has 0 aliphatic carbocycles. The zero-order valence-electron chi connectivity index (χ0n) is 10.3. The van der Waals surface area contributed by atoms with E-state index in [0.717, 1.165) is 27.6 Å². The number of hydrogen-bond donors (Lipinski definition) is 0. The van der Waals surface area contributed by atoms with Gasteiger partial charge in [-0.15, -0.1) is 0 Å². The van der Waals surface area contributed by atoms with Crippen molar-refractivity contribution in [1.29, 1.82) is 0 Å². The number of rotatable bonds is 4. The second-order valence-electron chi connectivity index (χ2n) is 4.23. The van der Waals surface area contributed by atoms with Gasteiger partial charge in [-0.05, 0) is 29.7 Å². The van der Waals surface area contributed by atoms with Crippen molar-refractivity contribution in [3.05, 3.63) is 58.6 Å². The van der Waals surface area contributed by atoms with Gasteiger partial charge in [0.25, 0.3) is 0 Å². The Morgan fingerprint density at radius 1 is 1.06 bits per heavy atom. The zero-order chi connectivity index (χ0) is 13.0. The third kappa shape index (κ3) is 2.88. The summed E-state index contributed by atoms with van der Waals surface area (Å²) >= 11 is 3.45. The predicted molar refractivity (Wildman–Crippen MR) is 78.8 cm³/mol.